The largest absolute Gasteiger partial charge is 0.456 e. The minimum Gasteiger partial charge on any atom is -0.456 e. The number of esters is 1. The second kappa shape index (κ2) is 16.9. The van der Waals surface area contributed by atoms with Crippen molar-refractivity contribution in [1.82, 2.24) is 5.32 Å². The fourth-order valence-corrected chi connectivity index (χ4v) is 5.98. The minimum absolute atomic E-state index is 0. The monoisotopic (exact) mass is 821 g/mol. The molecule has 0 heterocycles. The molecule has 0 bridgehead atoms. The molecule has 0 spiro atoms. The Balaban J connectivity index is 0.00000736. The SMILES string of the molecule is CC(=O)C(NCCCCCC(=O)C(C)C(c1ccccc1)(c1ccccc1)c1ccccc1)(OC(C)(C)C)C(=O)OC(C)(C)C.[Pb]. The van der Waals surface area contributed by atoms with Crippen LogP contribution in [-0.4, -0.2) is 68.3 Å². The van der Waals surface area contributed by atoms with Gasteiger partial charge in [0.25, 0.3) is 5.72 Å². The van der Waals surface area contributed by atoms with Crippen LogP contribution in [0.1, 0.15) is 97.8 Å². The van der Waals surface area contributed by atoms with Gasteiger partial charge in [-0.15, -0.1) is 0 Å². The van der Waals surface area contributed by atoms with Crippen molar-refractivity contribution in [3.63, 3.8) is 0 Å². The van der Waals surface area contributed by atoms with Gasteiger partial charge in [-0.05, 0) is 84.5 Å². The average Bonchev–Trinajstić information content (AvgIpc) is 2.98. The number of carbonyl (C=O) groups is 3. The van der Waals surface area contributed by atoms with Crippen molar-refractivity contribution in [2.24, 2.45) is 5.92 Å². The summed E-state index contributed by atoms with van der Waals surface area (Å²) < 4.78 is 11.6. The number of hydrogen-bond acceptors (Lipinski definition) is 6. The molecule has 246 valence electrons. The summed E-state index contributed by atoms with van der Waals surface area (Å²) in [5.41, 5.74) is -0.887. The maximum Gasteiger partial charge on any atom is 0.362 e. The molecule has 0 fully saturated rings. The van der Waals surface area contributed by atoms with E-state index in [1.807, 2.05) is 61.5 Å². The van der Waals surface area contributed by atoms with Gasteiger partial charge in [-0.25, -0.2) is 4.79 Å². The molecule has 0 saturated carbocycles. The van der Waals surface area contributed by atoms with E-state index < -0.39 is 34.1 Å². The van der Waals surface area contributed by atoms with Crippen molar-refractivity contribution in [1.29, 1.82) is 0 Å². The number of hydrogen-bond donors (Lipinski definition) is 1. The summed E-state index contributed by atoms with van der Waals surface area (Å²) in [5.74, 6) is -1.36. The molecule has 2 unspecified atom stereocenters. The summed E-state index contributed by atoms with van der Waals surface area (Å²) >= 11 is 0. The fourth-order valence-electron chi connectivity index (χ4n) is 5.98. The molecule has 6 nitrogen and oxygen atoms in total. The Morgan fingerprint density at radius 3 is 1.48 bits per heavy atom. The van der Waals surface area contributed by atoms with Gasteiger partial charge in [0, 0.05) is 39.6 Å². The van der Waals surface area contributed by atoms with Gasteiger partial charge in [-0.2, -0.15) is 0 Å². The van der Waals surface area contributed by atoms with Crippen LogP contribution in [0.25, 0.3) is 0 Å². The molecule has 7 heteroatoms. The molecule has 0 aliphatic rings. The molecular formula is C39H51NO5Pb. The summed E-state index contributed by atoms with van der Waals surface area (Å²) in [6, 6.07) is 30.9. The van der Waals surface area contributed by atoms with E-state index in [-0.39, 0.29) is 39.0 Å². The number of Topliss-reactive ketones (excluding diaryl/α,β-unsaturated/α-hetero) is 2. The van der Waals surface area contributed by atoms with E-state index >= 15 is 0 Å². The fraction of sp³-hybridized carbons (Fsp3) is 0.462. The van der Waals surface area contributed by atoms with Crippen LogP contribution in [0, 0.1) is 5.92 Å². The van der Waals surface area contributed by atoms with E-state index in [1.165, 1.54) is 6.92 Å². The van der Waals surface area contributed by atoms with Crippen molar-refractivity contribution in [3.05, 3.63) is 108 Å². The van der Waals surface area contributed by atoms with Crippen LogP contribution >= 0.6 is 0 Å². The zero-order valence-corrected chi connectivity index (χ0v) is 32.7. The Kier molecular flexibility index (Phi) is 14.5. The van der Waals surface area contributed by atoms with Crippen molar-refractivity contribution in [2.45, 2.75) is 103 Å². The van der Waals surface area contributed by atoms with E-state index in [1.54, 1.807) is 41.5 Å². The molecule has 0 aromatic heterocycles. The maximum absolute atomic E-state index is 14.0. The maximum atomic E-state index is 14.0. The van der Waals surface area contributed by atoms with Gasteiger partial charge in [0.15, 0.2) is 5.78 Å². The summed E-state index contributed by atoms with van der Waals surface area (Å²) in [5, 5.41) is 3.08. The van der Waals surface area contributed by atoms with E-state index in [2.05, 4.69) is 41.7 Å². The third-order valence-corrected chi connectivity index (χ3v) is 7.94. The number of ketones is 2. The first-order chi connectivity index (χ1) is 21.1. The number of benzene rings is 3. The second-order valence-corrected chi connectivity index (χ2v) is 13.8. The standard InChI is InChI=1S/C39H51NO5.Pb/c1-29(38(31-21-13-9-14-22-31,32-23-15-10-16-24-32)33-25-17-11-18-26-33)34(42)27-19-12-20-28-40-39(30(2)41,45-37(6,7)8)35(43)44-36(3,4)5;/h9-11,13-18,21-26,29,40H,12,19-20,27-28H2,1-8H3;. The predicted octanol–water partition coefficient (Wildman–Crippen LogP) is 7.44. The van der Waals surface area contributed by atoms with Gasteiger partial charge in [0.2, 0.25) is 0 Å². The van der Waals surface area contributed by atoms with E-state index in [4.69, 9.17) is 9.47 Å². The van der Waals surface area contributed by atoms with Crippen molar-refractivity contribution in [2.75, 3.05) is 6.54 Å². The zero-order chi connectivity index (χ0) is 33.3. The van der Waals surface area contributed by atoms with Gasteiger partial charge in [-0.3, -0.25) is 14.9 Å². The van der Waals surface area contributed by atoms with Crippen molar-refractivity contribution >= 4 is 44.8 Å². The number of unbranched alkanes of at least 4 members (excludes halogenated alkanes) is 2. The third kappa shape index (κ3) is 9.91. The van der Waals surface area contributed by atoms with Gasteiger partial charge < -0.3 is 9.47 Å². The molecule has 46 heavy (non-hydrogen) atoms. The van der Waals surface area contributed by atoms with Gasteiger partial charge in [0.1, 0.15) is 11.4 Å². The van der Waals surface area contributed by atoms with Crippen molar-refractivity contribution in [3.8, 4) is 0 Å². The average molecular weight is 821 g/mol. The minimum atomic E-state index is -1.91. The summed E-state index contributed by atoms with van der Waals surface area (Å²) in [6.07, 6.45) is 2.48. The number of ether oxygens (including phenoxy) is 2. The first-order valence-electron chi connectivity index (χ1n) is 16.0. The van der Waals surface area contributed by atoms with Crippen LogP contribution in [-0.2, 0) is 29.3 Å². The summed E-state index contributed by atoms with van der Waals surface area (Å²) in [4.78, 5) is 40.1. The van der Waals surface area contributed by atoms with Crippen LogP contribution in [0.2, 0.25) is 0 Å². The normalized spacial score (nSPS) is 14.0. The molecular weight excluding hydrogens is 770 g/mol. The molecule has 1 N–H and O–H groups in total. The smallest absolute Gasteiger partial charge is 0.362 e. The molecule has 0 aliphatic heterocycles. The second-order valence-electron chi connectivity index (χ2n) is 13.8. The van der Waals surface area contributed by atoms with Crippen LogP contribution in [0.4, 0.5) is 0 Å². The first-order valence-corrected chi connectivity index (χ1v) is 16.0. The zero-order valence-electron chi connectivity index (χ0n) is 28.8. The molecule has 4 radical (unpaired) electrons. The van der Waals surface area contributed by atoms with E-state index in [9.17, 15) is 14.4 Å². The van der Waals surface area contributed by atoms with Crippen LogP contribution in [0.3, 0.4) is 0 Å². The Hall–Kier alpha value is -2.69. The van der Waals surface area contributed by atoms with E-state index in [0.29, 0.717) is 25.8 Å². The third-order valence-electron chi connectivity index (χ3n) is 7.94. The van der Waals surface area contributed by atoms with Crippen molar-refractivity contribution < 1.29 is 23.9 Å². The van der Waals surface area contributed by atoms with Gasteiger partial charge in [-0.1, -0.05) is 104 Å². The Labute approximate surface area is 296 Å². The molecule has 0 aliphatic carbocycles. The first kappa shape index (κ1) is 39.5. The van der Waals surface area contributed by atoms with Crippen LogP contribution < -0.4 is 5.32 Å². The molecule has 3 rings (SSSR count). The van der Waals surface area contributed by atoms with Gasteiger partial charge >= 0.3 is 5.97 Å². The summed E-state index contributed by atoms with van der Waals surface area (Å²) in [7, 11) is 0. The number of carbonyl (C=O) groups excluding carboxylic acids is 3. The predicted molar refractivity (Wildman–Crippen MR) is 186 cm³/mol. The molecule has 3 aromatic rings. The quantitative estimate of drug-likeness (QED) is 0.0429. The Morgan fingerprint density at radius 2 is 1.11 bits per heavy atom. The Morgan fingerprint density at radius 1 is 0.674 bits per heavy atom. The molecule has 0 saturated heterocycles. The number of nitrogens with one attached hydrogen (secondary N) is 1. The Bertz CT molecular complexity index is 1300. The molecule has 3 aromatic carbocycles. The van der Waals surface area contributed by atoms with Crippen LogP contribution in [0.15, 0.2) is 91.0 Å². The number of rotatable bonds is 15. The van der Waals surface area contributed by atoms with Gasteiger partial charge in [0.05, 0.1) is 11.0 Å². The molecule has 0 amide bonds. The van der Waals surface area contributed by atoms with E-state index in [0.717, 1.165) is 23.1 Å². The summed E-state index contributed by atoms with van der Waals surface area (Å²) in [6.45, 7) is 14.4. The molecule has 2 atom stereocenters. The van der Waals surface area contributed by atoms with Crippen LogP contribution in [0.5, 0.6) is 0 Å². The topological polar surface area (TPSA) is 81.7 Å².